The lowest BCUT2D eigenvalue weighted by Crippen LogP contribution is -2.42. The van der Waals surface area contributed by atoms with E-state index in [-0.39, 0.29) is 0 Å². The third-order valence-corrected chi connectivity index (χ3v) is 2.89. The smallest absolute Gasteiger partial charge is 0.414 e. The number of aliphatic carboxylic acids is 2. The van der Waals surface area contributed by atoms with Crippen molar-refractivity contribution >= 4 is 11.9 Å². The van der Waals surface area contributed by atoms with Crippen molar-refractivity contribution < 1.29 is 19.8 Å². The maximum Gasteiger partial charge on any atom is 0.414 e. The monoisotopic (exact) mass is 275 g/mol. The quantitative estimate of drug-likeness (QED) is 0.589. The van der Waals surface area contributed by atoms with E-state index in [2.05, 4.69) is 36.3 Å². The third-order valence-electron chi connectivity index (χ3n) is 2.89. The number of likely N-dealkylation sites (N-methyl/N-ethyl adjacent to an activating group) is 1. The van der Waals surface area contributed by atoms with Crippen LogP contribution in [-0.4, -0.2) is 85.3 Å². The van der Waals surface area contributed by atoms with Crippen LogP contribution in [0.3, 0.4) is 0 Å². The van der Waals surface area contributed by atoms with Crippen molar-refractivity contribution in [3.63, 3.8) is 0 Å². The molecule has 0 aliphatic carbocycles. The summed E-state index contributed by atoms with van der Waals surface area (Å²) < 4.78 is 0. The van der Waals surface area contributed by atoms with Gasteiger partial charge in [0.25, 0.3) is 0 Å². The molecule has 1 heterocycles. The van der Waals surface area contributed by atoms with Gasteiger partial charge in [-0.15, -0.1) is 0 Å². The van der Waals surface area contributed by atoms with Crippen LogP contribution in [0.1, 0.15) is 12.8 Å². The highest BCUT2D eigenvalue weighted by atomic mass is 16.4. The van der Waals surface area contributed by atoms with Gasteiger partial charge in [-0.2, -0.15) is 0 Å². The van der Waals surface area contributed by atoms with E-state index in [1.807, 2.05) is 0 Å². The summed E-state index contributed by atoms with van der Waals surface area (Å²) in [5.41, 5.74) is 0. The molecule has 0 bridgehead atoms. The van der Waals surface area contributed by atoms with Gasteiger partial charge in [-0.05, 0) is 47.1 Å². The number of carbonyl (C=O) groups is 2. The van der Waals surface area contributed by atoms with E-state index in [9.17, 15) is 0 Å². The van der Waals surface area contributed by atoms with Crippen LogP contribution < -0.4 is 5.32 Å². The molecule has 112 valence electrons. The third kappa shape index (κ3) is 10.4. The Morgan fingerprint density at radius 1 is 1.21 bits per heavy atom. The highest BCUT2D eigenvalue weighted by Gasteiger charge is 2.15. The van der Waals surface area contributed by atoms with Gasteiger partial charge in [0.15, 0.2) is 0 Å². The van der Waals surface area contributed by atoms with Crippen molar-refractivity contribution in [3.05, 3.63) is 0 Å². The Morgan fingerprint density at radius 2 is 1.68 bits per heavy atom. The van der Waals surface area contributed by atoms with E-state index < -0.39 is 11.9 Å². The fourth-order valence-electron chi connectivity index (χ4n) is 1.70. The molecule has 7 heteroatoms. The molecule has 1 aliphatic heterocycles. The number of hydrogen-bond acceptors (Lipinski definition) is 5. The van der Waals surface area contributed by atoms with Crippen LogP contribution >= 0.6 is 0 Å². The van der Waals surface area contributed by atoms with Crippen molar-refractivity contribution in [1.29, 1.82) is 0 Å². The normalized spacial score (nSPS) is 16.8. The molecule has 0 amide bonds. The van der Waals surface area contributed by atoms with Crippen LogP contribution in [0.15, 0.2) is 0 Å². The molecule has 0 aromatic heterocycles. The SMILES string of the molecule is CN(C)CCNC1CCN(C)CC1.O=C(O)C(=O)O. The lowest BCUT2D eigenvalue weighted by Gasteiger charge is -2.29. The Labute approximate surface area is 114 Å². The number of rotatable bonds is 4. The van der Waals surface area contributed by atoms with E-state index in [1.165, 1.54) is 25.9 Å². The Hall–Kier alpha value is -1.18. The molecular weight excluding hydrogens is 250 g/mol. The topological polar surface area (TPSA) is 93.1 Å². The highest BCUT2D eigenvalue weighted by Crippen LogP contribution is 2.07. The van der Waals surface area contributed by atoms with Crippen molar-refractivity contribution in [2.24, 2.45) is 0 Å². The molecule has 0 aromatic carbocycles. The summed E-state index contributed by atoms with van der Waals surface area (Å²) in [5.74, 6) is -3.65. The molecule has 0 atom stereocenters. The van der Waals surface area contributed by atoms with E-state index in [1.54, 1.807) is 0 Å². The minimum atomic E-state index is -1.82. The van der Waals surface area contributed by atoms with Gasteiger partial charge in [-0.1, -0.05) is 0 Å². The van der Waals surface area contributed by atoms with Crippen LogP contribution in [0.25, 0.3) is 0 Å². The van der Waals surface area contributed by atoms with Gasteiger partial charge < -0.3 is 25.3 Å². The maximum atomic E-state index is 9.10. The molecule has 1 aliphatic rings. The van der Waals surface area contributed by atoms with E-state index in [4.69, 9.17) is 19.8 Å². The largest absolute Gasteiger partial charge is 0.473 e. The number of likely N-dealkylation sites (tertiary alicyclic amines) is 1. The average molecular weight is 275 g/mol. The van der Waals surface area contributed by atoms with Gasteiger partial charge in [0.2, 0.25) is 0 Å². The molecule has 0 saturated carbocycles. The van der Waals surface area contributed by atoms with Crippen LogP contribution in [0, 0.1) is 0 Å². The fraction of sp³-hybridized carbons (Fsp3) is 0.833. The van der Waals surface area contributed by atoms with Gasteiger partial charge in [-0.25, -0.2) is 9.59 Å². The number of carboxylic acids is 2. The first-order valence-corrected chi connectivity index (χ1v) is 6.35. The molecule has 0 radical (unpaired) electrons. The zero-order valence-corrected chi connectivity index (χ0v) is 11.9. The molecule has 7 nitrogen and oxygen atoms in total. The minimum Gasteiger partial charge on any atom is -0.473 e. The average Bonchev–Trinajstić information content (AvgIpc) is 2.32. The molecule has 0 spiro atoms. The van der Waals surface area contributed by atoms with Crippen LogP contribution in [0.4, 0.5) is 0 Å². The number of nitrogens with one attached hydrogen (secondary N) is 1. The van der Waals surface area contributed by atoms with Gasteiger partial charge in [0.05, 0.1) is 0 Å². The first-order chi connectivity index (χ1) is 8.82. The van der Waals surface area contributed by atoms with Crippen LogP contribution in [-0.2, 0) is 9.59 Å². The summed E-state index contributed by atoms with van der Waals surface area (Å²) in [6, 6.07) is 0.760. The van der Waals surface area contributed by atoms with E-state index in [0.29, 0.717) is 0 Å². The fourth-order valence-corrected chi connectivity index (χ4v) is 1.70. The first-order valence-electron chi connectivity index (χ1n) is 6.35. The number of hydrogen-bond donors (Lipinski definition) is 3. The van der Waals surface area contributed by atoms with Crippen LogP contribution in [0.2, 0.25) is 0 Å². The molecule has 19 heavy (non-hydrogen) atoms. The van der Waals surface area contributed by atoms with Crippen molar-refractivity contribution in [1.82, 2.24) is 15.1 Å². The summed E-state index contributed by atoms with van der Waals surface area (Å²) in [6.45, 7) is 4.77. The standard InChI is InChI=1S/C10H23N3.C2H2O4/c1-12(2)9-6-11-10-4-7-13(3)8-5-10;3-1(4)2(5)6/h10-11H,4-9H2,1-3H3;(H,3,4)(H,5,6). The van der Waals surface area contributed by atoms with Gasteiger partial charge in [-0.3, -0.25) is 0 Å². The molecular formula is C12H25N3O4. The van der Waals surface area contributed by atoms with E-state index >= 15 is 0 Å². The Kier molecular flexibility index (Phi) is 9.11. The second-order valence-electron chi connectivity index (χ2n) is 4.95. The number of nitrogens with zero attached hydrogens (tertiary/aromatic N) is 2. The number of piperidine rings is 1. The van der Waals surface area contributed by atoms with Gasteiger partial charge in [0.1, 0.15) is 0 Å². The predicted molar refractivity (Wildman–Crippen MR) is 72.3 cm³/mol. The lowest BCUT2D eigenvalue weighted by molar-refractivity contribution is -0.159. The maximum absolute atomic E-state index is 9.10. The summed E-state index contributed by atoms with van der Waals surface area (Å²) in [5, 5.41) is 18.4. The minimum absolute atomic E-state index is 0.760. The first kappa shape index (κ1) is 17.8. The summed E-state index contributed by atoms with van der Waals surface area (Å²) in [7, 11) is 6.45. The van der Waals surface area contributed by atoms with Gasteiger partial charge in [0, 0.05) is 19.1 Å². The second-order valence-corrected chi connectivity index (χ2v) is 4.95. The summed E-state index contributed by atoms with van der Waals surface area (Å²) in [6.07, 6.45) is 2.62. The van der Waals surface area contributed by atoms with Crippen molar-refractivity contribution in [2.75, 3.05) is 47.3 Å². The molecule has 1 rings (SSSR count). The predicted octanol–water partition coefficient (Wildman–Crippen LogP) is -0.613. The summed E-state index contributed by atoms with van der Waals surface area (Å²) >= 11 is 0. The van der Waals surface area contributed by atoms with E-state index in [0.717, 1.165) is 19.1 Å². The molecule has 3 N–H and O–H groups in total. The summed E-state index contributed by atoms with van der Waals surface area (Å²) in [4.78, 5) is 22.8. The van der Waals surface area contributed by atoms with Crippen molar-refractivity contribution in [3.8, 4) is 0 Å². The zero-order chi connectivity index (χ0) is 14.8. The second kappa shape index (κ2) is 9.71. The molecule has 0 unspecified atom stereocenters. The lowest BCUT2D eigenvalue weighted by atomic mass is 10.1. The zero-order valence-electron chi connectivity index (χ0n) is 11.9. The Morgan fingerprint density at radius 3 is 2.05 bits per heavy atom. The van der Waals surface area contributed by atoms with Crippen molar-refractivity contribution in [2.45, 2.75) is 18.9 Å². The molecule has 1 fully saturated rings. The Bertz CT molecular complexity index is 264. The molecule has 0 aromatic rings. The van der Waals surface area contributed by atoms with Crippen LogP contribution in [0.5, 0.6) is 0 Å². The van der Waals surface area contributed by atoms with Gasteiger partial charge >= 0.3 is 11.9 Å². The Balaban J connectivity index is 0.000000459. The highest BCUT2D eigenvalue weighted by molar-refractivity contribution is 6.27. The number of carboxylic acid groups (broad SMARTS) is 2. The molecule has 1 saturated heterocycles.